The van der Waals surface area contributed by atoms with Crippen molar-refractivity contribution in [2.75, 3.05) is 13.1 Å². The van der Waals surface area contributed by atoms with E-state index < -0.39 is 17.5 Å². The highest BCUT2D eigenvalue weighted by atomic mass is 19.1. The number of rotatable bonds is 6. The first-order chi connectivity index (χ1) is 19.0. The van der Waals surface area contributed by atoms with E-state index in [9.17, 15) is 13.6 Å². The van der Waals surface area contributed by atoms with Crippen LogP contribution in [0.2, 0.25) is 0 Å². The van der Waals surface area contributed by atoms with E-state index in [1.165, 1.54) is 0 Å². The molecule has 0 saturated carbocycles. The molecule has 1 fully saturated rings. The highest BCUT2D eigenvalue weighted by Gasteiger charge is 2.25. The van der Waals surface area contributed by atoms with E-state index in [1.807, 2.05) is 54.6 Å². The normalized spacial score (nSPS) is 15.5. The van der Waals surface area contributed by atoms with Gasteiger partial charge in [0.1, 0.15) is 11.6 Å². The Morgan fingerprint density at radius 2 is 1.46 bits per heavy atom. The summed E-state index contributed by atoms with van der Waals surface area (Å²) in [5.41, 5.74) is 6.24. The quantitative estimate of drug-likeness (QED) is 0.288. The Balaban J connectivity index is 1.16. The number of carbonyl (C=O) groups excluding carboxylic acids is 1. The van der Waals surface area contributed by atoms with Gasteiger partial charge in [-0.05, 0) is 42.3 Å². The maximum atomic E-state index is 14.0. The van der Waals surface area contributed by atoms with Crippen LogP contribution in [0.15, 0.2) is 97.1 Å². The molecule has 6 rings (SSSR count). The summed E-state index contributed by atoms with van der Waals surface area (Å²) in [5.74, 6) is -1.95. The van der Waals surface area contributed by atoms with Crippen molar-refractivity contribution in [2.24, 2.45) is 0 Å². The number of amides is 1. The number of nitrogens with zero attached hydrogens (tertiary/aromatic N) is 3. The lowest BCUT2D eigenvalue weighted by Gasteiger charge is -2.17. The number of fused-ring (bicyclic) bond motifs is 1. The van der Waals surface area contributed by atoms with Crippen molar-refractivity contribution in [3.63, 3.8) is 0 Å². The predicted octanol–water partition coefficient (Wildman–Crippen LogP) is 6.25. The highest BCUT2D eigenvalue weighted by Crippen LogP contribution is 2.31. The number of para-hydroxylation sites is 2. The third kappa shape index (κ3) is 5.40. The molecular weight excluding hydrogens is 494 g/mol. The lowest BCUT2D eigenvalue weighted by molar-refractivity contribution is 0.0933. The third-order valence-electron chi connectivity index (χ3n) is 7.03. The number of nitrogens with one attached hydrogen (secondary N) is 1. The fourth-order valence-electron chi connectivity index (χ4n) is 5.05. The van der Waals surface area contributed by atoms with Gasteiger partial charge in [-0.2, -0.15) is 0 Å². The average molecular weight is 521 g/mol. The molecule has 194 valence electrons. The first-order valence-corrected chi connectivity index (χ1v) is 12.9. The SMILES string of the molecule is O=C(N[C@@H]1CCN(Cc2ccc(-c3nc4ccccc4nc3-c3ccccc3)cc2)C1)c1cc(F)ccc1F. The summed E-state index contributed by atoms with van der Waals surface area (Å²) in [5, 5.41) is 2.84. The topological polar surface area (TPSA) is 58.1 Å². The van der Waals surface area contributed by atoms with Crippen molar-refractivity contribution in [3.8, 4) is 22.5 Å². The highest BCUT2D eigenvalue weighted by molar-refractivity contribution is 5.94. The molecule has 0 radical (unpaired) electrons. The lowest BCUT2D eigenvalue weighted by Crippen LogP contribution is -2.37. The van der Waals surface area contributed by atoms with Gasteiger partial charge in [0.15, 0.2) is 0 Å². The zero-order chi connectivity index (χ0) is 26.8. The minimum Gasteiger partial charge on any atom is -0.348 e. The molecular formula is C32H26F2N4O. The van der Waals surface area contributed by atoms with Crippen LogP contribution in [0.4, 0.5) is 8.78 Å². The van der Waals surface area contributed by atoms with Crippen LogP contribution < -0.4 is 5.32 Å². The van der Waals surface area contributed by atoms with Crippen LogP contribution in [0.1, 0.15) is 22.3 Å². The largest absolute Gasteiger partial charge is 0.348 e. The number of carbonyl (C=O) groups is 1. The van der Waals surface area contributed by atoms with Gasteiger partial charge in [0.25, 0.3) is 5.91 Å². The van der Waals surface area contributed by atoms with Gasteiger partial charge in [0.05, 0.1) is 28.0 Å². The minimum atomic E-state index is -0.727. The molecule has 0 aliphatic carbocycles. The number of likely N-dealkylation sites (tertiary alicyclic amines) is 1. The summed E-state index contributed by atoms with van der Waals surface area (Å²) < 4.78 is 27.4. The zero-order valence-corrected chi connectivity index (χ0v) is 21.1. The summed E-state index contributed by atoms with van der Waals surface area (Å²) in [6.45, 7) is 2.15. The summed E-state index contributed by atoms with van der Waals surface area (Å²) in [6, 6.07) is 29.1. The fourth-order valence-corrected chi connectivity index (χ4v) is 5.05. The second kappa shape index (κ2) is 10.7. The molecule has 1 aromatic heterocycles. The van der Waals surface area contributed by atoms with Crippen LogP contribution in [-0.2, 0) is 6.54 Å². The molecule has 0 unspecified atom stereocenters. The molecule has 5 nitrogen and oxygen atoms in total. The van der Waals surface area contributed by atoms with E-state index >= 15 is 0 Å². The Labute approximate surface area is 225 Å². The molecule has 1 aliphatic rings. The van der Waals surface area contributed by atoms with E-state index in [0.29, 0.717) is 6.54 Å². The van der Waals surface area contributed by atoms with Crippen LogP contribution in [0, 0.1) is 11.6 Å². The van der Waals surface area contributed by atoms with Crippen LogP contribution in [0.25, 0.3) is 33.5 Å². The van der Waals surface area contributed by atoms with Crippen LogP contribution in [0.3, 0.4) is 0 Å². The van der Waals surface area contributed by atoms with Gasteiger partial charge in [-0.15, -0.1) is 0 Å². The zero-order valence-electron chi connectivity index (χ0n) is 21.1. The first kappa shape index (κ1) is 24.8. The van der Waals surface area contributed by atoms with E-state index in [-0.39, 0.29) is 11.6 Å². The molecule has 5 aromatic rings. The standard InChI is InChI=1S/C32H26F2N4O/c33-24-14-15-27(34)26(18-24)32(39)35-25-16-17-38(20-25)19-21-10-12-23(13-11-21)31-30(22-6-2-1-3-7-22)36-28-8-4-5-9-29(28)37-31/h1-15,18,25H,16-17,19-20H2,(H,35,39)/t25-/m1/s1. The molecule has 2 heterocycles. The number of hydrogen-bond acceptors (Lipinski definition) is 4. The average Bonchev–Trinajstić information content (AvgIpc) is 3.40. The Bertz CT molecular complexity index is 1640. The molecule has 1 atom stereocenters. The van der Waals surface area contributed by atoms with Gasteiger partial charge >= 0.3 is 0 Å². The van der Waals surface area contributed by atoms with Gasteiger partial charge in [-0.3, -0.25) is 9.69 Å². The maximum Gasteiger partial charge on any atom is 0.254 e. The minimum absolute atomic E-state index is 0.124. The van der Waals surface area contributed by atoms with Crippen LogP contribution in [-0.4, -0.2) is 39.9 Å². The maximum absolute atomic E-state index is 14.0. The number of benzene rings is 4. The van der Waals surface area contributed by atoms with E-state index in [1.54, 1.807) is 0 Å². The fraction of sp³-hybridized carbons (Fsp3) is 0.156. The molecule has 39 heavy (non-hydrogen) atoms. The number of aromatic nitrogens is 2. The van der Waals surface area contributed by atoms with E-state index in [4.69, 9.17) is 9.97 Å². The second-order valence-corrected chi connectivity index (χ2v) is 9.79. The Morgan fingerprint density at radius 3 is 2.15 bits per heavy atom. The molecule has 0 bridgehead atoms. The summed E-state index contributed by atoms with van der Waals surface area (Å²) >= 11 is 0. The van der Waals surface area contributed by atoms with Crippen LogP contribution >= 0.6 is 0 Å². The monoisotopic (exact) mass is 520 g/mol. The molecule has 0 spiro atoms. The molecule has 4 aromatic carbocycles. The Kier molecular flexibility index (Phi) is 6.82. The van der Waals surface area contributed by atoms with Crippen molar-refractivity contribution in [1.29, 1.82) is 0 Å². The third-order valence-corrected chi connectivity index (χ3v) is 7.03. The van der Waals surface area contributed by atoms with E-state index in [0.717, 1.165) is 76.8 Å². The summed E-state index contributed by atoms with van der Waals surface area (Å²) in [7, 11) is 0. The first-order valence-electron chi connectivity index (χ1n) is 12.9. The summed E-state index contributed by atoms with van der Waals surface area (Å²) in [6.07, 6.45) is 0.744. The molecule has 1 saturated heterocycles. The Morgan fingerprint density at radius 1 is 0.821 bits per heavy atom. The van der Waals surface area contributed by atoms with Gasteiger partial charge < -0.3 is 5.32 Å². The molecule has 7 heteroatoms. The van der Waals surface area contributed by atoms with Crippen molar-refractivity contribution >= 4 is 16.9 Å². The van der Waals surface area contributed by atoms with Gasteiger partial charge in [-0.1, -0.05) is 66.7 Å². The van der Waals surface area contributed by atoms with Crippen LogP contribution in [0.5, 0.6) is 0 Å². The van der Waals surface area contributed by atoms with Gasteiger partial charge in [0.2, 0.25) is 0 Å². The molecule has 1 aliphatic heterocycles. The van der Waals surface area contributed by atoms with Crippen molar-refractivity contribution in [2.45, 2.75) is 19.0 Å². The van der Waals surface area contributed by atoms with Gasteiger partial charge in [0, 0.05) is 36.8 Å². The summed E-state index contributed by atoms with van der Waals surface area (Å²) in [4.78, 5) is 24.6. The van der Waals surface area contributed by atoms with Crippen molar-refractivity contribution < 1.29 is 13.6 Å². The van der Waals surface area contributed by atoms with Gasteiger partial charge in [-0.25, -0.2) is 18.7 Å². The number of halogens is 2. The predicted molar refractivity (Wildman–Crippen MR) is 148 cm³/mol. The second-order valence-electron chi connectivity index (χ2n) is 9.79. The molecule has 1 amide bonds. The van der Waals surface area contributed by atoms with Crippen molar-refractivity contribution in [3.05, 3.63) is 120 Å². The van der Waals surface area contributed by atoms with Crippen molar-refractivity contribution in [1.82, 2.24) is 20.2 Å². The Hall–Kier alpha value is -4.49. The molecule has 1 N–H and O–H groups in total. The number of hydrogen-bond donors (Lipinski definition) is 1. The van der Waals surface area contributed by atoms with E-state index in [2.05, 4.69) is 34.5 Å². The smallest absolute Gasteiger partial charge is 0.254 e. The lowest BCUT2D eigenvalue weighted by atomic mass is 10.0.